The number of allylic oxidation sites excluding steroid dienone is 1. The van der Waals surface area contributed by atoms with Gasteiger partial charge in [-0.2, -0.15) is 0 Å². The second-order valence-electron chi connectivity index (χ2n) is 10.5. The second-order valence-corrected chi connectivity index (χ2v) is 10.5. The van der Waals surface area contributed by atoms with E-state index in [-0.39, 0.29) is 22.4 Å². The van der Waals surface area contributed by atoms with Crippen molar-refractivity contribution in [3.63, 3.8) is 0 Å². The average molecular weight is 375 g/mol. The Balaban J connectivity index is 1.46. The Hall–Kier alpha value is -0.710. The fourth-order valence-electron chi connectivity index (χ4n) is 7.94. The third kappa shape index (κ3) is 2.24. The summed E-state index contributed by atoms with van der Waals surface area (Å²) < 4.78 is 12.0. The van der Waals surface area contributed by atoms with E-state index in [1.165, 1.54) is 0 Å². The van der Waals surface area contributed by atoms with E-state index in [1.54, 1.807) is 12.5 Å². The highest BCUT2D eigenvalue weighted by Crippen LogP contribution is 2.68. The lowest BCUT2D eigenvalue weighted by Gasteiger charge is -2.59. The minimum atomic E-state index is -1.12. The van der Waals surface area contributed by atoms with E-state index in [2.05, 4.69) is 19.9 Å². The number of aliphatic hydroxyl groups is 1. The molecular weight excluding hydrogens is 340 g/mol. The van der Waals surface area contributed by atoms with Gasteiger partial charge in [-0.1, -0.05) is 25.5 Å². The number of rotatable bonds is 1. The molecule has 0 aromatic rings. The molecule has 0 radical (unpaired) electrons. The molecule has 0 unspecified atom stereocenters. The van der Waals surface area contributed by atoms with Gasteiger partial charge in [-0.15, -0.1) is 0 Å². The van der Waals surface area contributed by atoms with Crippen LogP contribution in [0.3, 0.4) is 0 Å². The van der Waals surface area contributed by atoms with Crippen LogP contribution in [0, 0.1) is 28.6 Å². The summed E-state index contributed by atoms with van der Waals surface area (Å²) in [6.45, 7) is 7.69. The van der Waals surface area contributed by atoms with Crippen molar-refractivity contribution < 1.29 is 19.4 Å². The molecule has 0 aromatic heterocycles. The fourth-order valence-corrected chi connectivity index (χ4v) is 7.94. The molecule has 3 saturated carbocycles. The predicted octanol–water partition coefficient (Wildman–Crippen LogP) is 4.01. The third-order valence-corrected chi connectivity index (χ3v) is 9.66. The van der Waals surface area contributed by atoms with Gasteiger partial charge in [0.2, 0.25) is 0 Å². The number of hydrogen-bond donors (Lipinski definition) is 1. The minimum absolute atomic E-state index is 0.0284. The van der Waals surface area contributed by atoms with Gasteiger partial charge in [0.25, 0.3) is 0 Å². The van der Waals surface area contributed by atoms with Gasteiger partial charge < -0.3 is 14.6 Å². The molecule has 4 aliphatic carbocycles. The smallest absolute Gasteiger partial charge is 0.172 e. The zero-order valence-corrected chi connectivity index (χ0v) is 17.1. The molecule has 6 atom stereocenters. The first-order valence-corrected chi connectivity index (χ1v) is 11.0. The van der Waals surface area contributed by atoms with Crippen LogP contribution in [-0.4, -0.2) is 35.5 Å². The zero-order chi connectivity index (χ0) is 19.1. The first-order chi connectivity index (χ1) is 12.7. The van der Waals surface area contributed by atoms with Crippen molar-refractivity contribution in [3.05, 3.63) is 11.6 Å². The molecule has 1 N–H and O–H groups in total. The van der Waals surface area contributed by atoms with E-state index < -0.39 is 5.60 Å². The van der Waals surface area contributed by atoms with Crippen molar-refractivity contribution in [2.45, 2.75) is 83.5 Å². The maximum Gasteiger partial charge on any atom is 0.172 e. The van der Waals surface area contributed by atoms with Crippen LogP contribution in [0.15, 0.2) is 11.6 Å². The molecule has 150 valence electrons. The maximum atomic E-state index is 12.3. The van der Waals surface area contributed by atoms with Gasteiger partial charge in [-0.05, 0) is 68.6 Å². The molecular formula is C23H34O4. The number of carbonyl (C=O) groups is 1. The highest BCUT2D eigenvalue weighted by molar-refractivity contribution is 5.86. The Bertz CT molecular complexity index is 692. The summed E-state index contributed by atoms with van der Waals surface area (Å²) in [6, 6.07) is 0. The molecule has 5 aliphatic rings. The molecule has 27 heavy (non-hydrogen) atoms. The minimum Gasteiger partial charge on any atom is -0.382 e. The van der Waals surface area contributed by atoms with Crippen molar-refractivity contribution in [2.24, 2.45) is 28.6 Å². The summed E-state index contributed by atoms with van der Waals surface area (Å²) in [4.78, 5) is 12.3. The molecule has 0 amide bonds. The maximum absolute atomic E-state index is 12.3. The molecule has 5 rings (SSSR count). The number of ether oxygens (including phenoxy) is 2. The molecule has 0 bridgehead atoms. The largest absolute Gasteiger partial charge is 0.382 e. The quantitative estimate of drug-likeness (QED) is 0.705. The SMILES string of the molecule is CC(=O)[C@]1(O)CC[C@@H]2[C@H]3CC=C4CC5(CC[C@@]4(C)[C@@H]3CC[C@]21C)OCCO5. The van der Waals surface area contributed by atoms with Gasteiger partial charge in [-0.25, -0.2) is 0 Å². The number of carbonyl (C=O) groups excluding carboxylic acids is 1. The van der Waals surface area contributed by atoms with Gasteiger partial charge in [0, 0.05) is 18.3 Å². The monoisotopic (exact) mass is 374 g/mol. The van der Waals surface area contributed by atoms with Gasteiger partial charge in [0.15, 0.2) is 11.6 Å². The second kappa shape index (κ2) is 5.67. The van der Waals surface area contributed by atoms with E-state index in [0.717, 1.165) is 58.2 Å². The van der Waals surface area contributed by atoms with Crippen LogP contribution in [0.1, 0.15) is 72.1 Å². The van der Waals surface area contributed by atoms with E-state index in [1.807, 2.05) is 0 Å². The Morgan fingerprint density at radius 1 is 1.07 bits per heavy atom. The Kier molecular flexibility index (Phi) is 3.85. The molecule has 4 nitrogen and oxygen atoms in total. The lowest BCUT2D eigenvalue weighted by molar-refractivity contribution is -0.188. The van der Waals surface area contributed by atoms with Crippen molar-refractivity contribution in [3.8, 4) is 0 Å². The van der Waals surface area contributed by atoms with Crippen LogP contribution in [-0.2, 0) is 14.3 Å². The summed E-state index contributed by atoms with van der Waals surface area (Å²) in [6.07, 6.45) is 10.3. The van der Waals surface area contributed by atoms with Gasteiger partial charge >= 0.3 is 0 Å². The lowest BCUT2D eigenvalue weighted by atomic mass is 9.46. The van der Waals surface area contributed by atoms with Crippen molar-refractivity contribution >= 4 is 5.78 Å². The highest BCUT2D eigenvalue weighted by atomic mass is 16.7. The number of Topliss-reactive ketones (excluding diaryl/α,β-unsaturated/α-hetero) is 1. The summed E-state index contributed by atoms with van der Waals surface area (Å²) in [5.41, 5.74) is 0.396. The summed E-state index contributed by atoms with van der Waals surface area (Å²) in [5.74, 6) is 1.31. The van der Waals surface area contributed by atoms with Crippen molar-refractivity contribution in [2.75, 3.05) is 13.2 Å². The van der Waals surface area contributed by atoms with Gasteiger partial charge in [-0.3, -0.25) is 4.79 Å². The van der Waals surface area contributed by atoms with Crippen LogP contribution in [0.4, 0.5) is 0 Å². The molecule has 1 aliphatic heterocycles. The van der Waals surface area contributed by atoms with Crippen molar-refractivity contribution in [1.82, 2.24) is 0 Å². The fraction of sp³-hybridized carbons (Fsp3) is 0.870. The number of hydrogen-bond acceptors (Lipinski definition) is 4. The summed E-state index contributed by atoms with van der Waals surface area (Å²) >= 11 is 0. The van der Waals surface area contributed by atoms with E-state index in [0.29, 0.717) is 24.2 Å². The van der Waals surface area contributed by atoms with E-state index in [4.69, 9.17) is 9.47 Å². The molecule has 1 saturated heterocycles. The molecule has 1 heterocycles. The van der Waals surface area contributed by atoms with Crippen molar-refractivity contribution in [1.29, 1.82) is 0 Å². The van der Waals surface area contributed by atoms with E-state index >= 15 is 0 Å². The first-order valence-electron chi connectivity index (χ1n) is 11.0. The Labute approximate surface area is 162 Å². The van der Waals surface area contributed by atoms with Crippen LogP contribution in [0.5, 0.6) is 0 Å². The van der Waals surface area contributed by atoms with Crippen LogP contribution in [0.2, 0.25) is 0 Å². The molecule has 1 spiro atoms. The predicted molar refractivity (Wildman–Crippen MR) is 102 cm³/mol. The summed E-state index contributed by atoms with van der Waals surface area (Å²) in [7, 11) is 0. The Morgan fingerprint density at radius 2 is 1.78 bits per heavy atom. The van der Waals surface area contributed by atoms with Crippen LogP contribution < -0.4 is 0 Å². The highest BCUT2D eigenvalue weighted by Gasteiger charge is 2.65. The van der Waals surface area contributed by atoms with Gasteiger partial charge in [0.05, 0.1) is 13.2 Å². The Morgan fingerprint density at radius 3 is 2.48 bits per heavy atom. The lowest BCUT2D eigenvalue weighted by Crippen LogP contribution is -2.57. The molecule has 0 aromatic carbocycles. The van der Waals surface area contributed by atoms with Crippen LogP contribution in [0.25, 0.3) is 0 Å². The average Bonchev–Trinajstić information content (AvgIpc) is 3.19. The third-order valence-electron chi connectivity index (χ3n) is 9.66. The number of fused-ring (bicyclic) bond motifs is 5. The molecule has 4 fully saturated rings. The topological polar surface area (TPSA) is 55.8 Å². The normalized spacial score (nSPS) is 50.7. The first kappa shape index (κ1) is 18.3. The summed E-state index contributed by atoms with van der Waals surface area (Å²) in [5, 5.41) is 11.3. The standard InChI is InChI=1S/C23H34O4/c1-15(24)23(25)9-7-19-17-5-4-16-14-22(26-12-13-27-22)11-10-20(16,2)18(17)6-8-21(19,23)3/h4,17-19,25H,5-14H2,1-3H3/t17-,18+,19+,20+,21+,23+/m0/s1. The van der Waals surface area contributed by atoms with E-state index in [9.17, 15) is 9.90 Å². The number of ketones is 1. The van der Waals surface area contributed by atoms with Crippen LogP contribution >= 0.6 is 0 Å². The zero-order valence-electron chi connectivity index (χ0n) is 17.1. The molecule has 4 heteroatoms. The van der Waals surface area contributed by atoms with Gasteiger partial charge in [0.1, 0.15) is 5.60 Å².